The van der Waals surface area contributed by atoms with E-state index < -0.39 is 83.5 Å². The highest BCUT2D eigenvalue weighted by atomic mass is 79.9. The summed E-state index contributed by atoms with van der Waals surface area (Å²) < 4.78 is 210. The number of carbonyl (C=O) groups excluding carboxylic acids is 4. The molecule has 1 aliphatic rings. The number of hydrogen-bond donors (Lipinski definition) is 1. The third kappa shape index (κ3) is 24.6. The van der Waals surface area contributed by atoms with E-state index in [1.54, 1.807) is 51.1 Å². The second kappa shape index (κ2) is 35.8. The van der Waals surface area contributed by atoms with Crippen molar-refractivity contribution in [1.82, 2.24) is 0 Å². The van der Waals surface area contributed by atoms with E-state index in [2.05, 4.69) is 60.9 Å². The molecule has 0 aliphatic carbocycles. The molecule has 0 bridgehead atoms. The number of nitrogens with one attached hydrogen (secondary N) is 1. The summed E-state index contributed by atoms with van der Waals surface area (Å²) in [6.07, 6.45) is -26.6. The Bertz CT molecular complexity index is 3780. The van der Waals surface area contributed by atoms with Gasteiger partial charge in [-0.1, -0.05) is 111 Å². The average molecular weight is 1510 g/mol. The molecule has 0 radical (unpaired) electrons. The van der Waals surface area contributed by atoms with Gasteiger partial charge >= 0.3 is 55.7 Å². The lowest BCUT2D eigenvalue weighted by Crippen LogP contribution is -2.33. The third-order valence-corrected chi connectivity index (χ3v) is 14.8. The number of Topliss-reactive ketones (excluding diaryl/α,β-unsaturated/α-hetero) is 1. The Morgan fingerprint density at radius 2 is 1.02 bits per heavy atom. The van der Waals surface area contributed by atoms with Crippen molar-refractivity contribution >= 4 is 66.9 Å². The summed E-state index contributed by atoms with van der Waals surface area (Å²) in [6, 6.07) is 34.5. The zero-order valence-corrected chi connectivity index (χ0v) is 54.4. The van der Waals surface area contributed by atoms with E-state index >= 15 is 0 Å². The van der Waals surface area contributed by atoms with Gasteiger partial charge in [-0.3, -0.25) is 29.3 Å². The van der Waals surface area contributed by atoms with Crippen molar-refractivity contribution in [3.63, 3.8) is 0 Å². The number of rotatable bonds is 23. The second-order valence-electron chi connectivity index (χ2n) is 20.1. The van der Waals surface area contributed by atoms with E-state index in [0.29, 0.717) is 30.6 Å². The van der Waals surface area contributed by atoms with Gasteiger partial charge in [0.1, 0.15) is 23.0 Å². The van der Waals surface area contributed by atoms with Crippen LogP contribution in [0.1, 0.15) is 79.2 Å². The average Bonchev–Trinajstić information content (AvgIpc) is 0.800. The lowest BCUT2D eigenvalue weighted by Gasteiger charge is -2.29. The van der Waals surface area contributed by atoms with Gasteiger partial charge in [-0.15, -0.1) is 26.3 Å². The number of nitrogens with zero attached hydrogens (tertiary/aromatic N) is 1. The summed E-state index contributed by atoms with van der Waals surface area (Å²) in [5.74, 6) is -4.93. The fourth-order valence-corrected chi connectivity index (χ4v) is 10.6. The van der Waals surface area contributed by atoms with Crippen LogP contribution in [0.2, 0.25) is 0 Å². The third-order valence-electron chi connectivity index (χ3n) is 13.3. The minimum Gasteiger partial charge on any atom is -0.466 e. The first-order valence-electron chi connectivity index (χ1n) is 28.8. The molecule has 1 aliphatic heterocycles. The Labute approximate surface area is 561 Å². The molecule has 1 unspecified atom stereocenters. The molecule has 7 aromatic carbocycles. The quantitative estimate of drug-likeness (QED) is 0.0121. The number of ketones is 1. The number of alkyl halides is 14. The zero-order valence-electron chi connectivity index (χ0n) is 51.2. The number of nitro benzene ring substituents is 1. The molecule has 1 heterocycles. The Morgan fingerprint density at radius 3 is 1.51 bits per heavy atom. The summed E-state index contributed by atoms with van der Waals surface area (Å²) in [5, 5.41) is 14.9. The van der Waals surface area contributed by atoms with Gasteiger partial charge in [0.15, 0.2) is 11.7 Å². The highest BCUT2D eigenvalue weighted by molar-refractivity contribution is 9.11. The number of benzene rings is 7. The van der Waals surface area contributed by atoms with Gasteiger partial charge < -0.3 is 38.5 Å². The standard InChI is InChI=1S/C24H16F7NO5.C24H18F7NO2.C14H16Br2O4.C4H8O2/c25-22(26)23(27,28)36-16-6-2-5-15(13-16)21(33)11-10-19-18(8-3-9-20(19)32(34)35)14-4-1-7-17(12-14)37-24(29,30)31;25-22(26)23(27,28)33-16-6-2-5-15(13-16)20-11-10-19-18(8-3-9-21(19)32-20)14-4-1-7-17(12-14)34-24(29,30)31;1-3-19-13(17)10(14(18)20-4-2)8-9-11(15)6-5-7-12(9)16;1-3-6-4(2)5/h1-9,12-13,22H,10-11H2;1-9,12-13,20,22,32H,10-11H2;5-7,10H,3-4,8H2,1-2H3;3H2,1-2H3. The fraction of sp³-hybridized carbons (Fsp3) is 0.303. The molecule has 1 N–H and O–H groups in total. The molecule has 0 fully saturated rings. The molecule has 31 heteroatoms. The number of halogens is 16. The van der Waals surface area contributed by atoms with Crippen molar-refractivity contribution in [2.24, 2.45) is 5.92 Å². The van der Waals surface area contributed by atoms with Crippen molar-refractivity contribution in [2.45, 2.75) is 104 Å². The van der Waals surface area contributed by atoms with Gasteiger partial charge in [-0.25, -0.2) is 0 Å². The number of esters is 3. The van der Waals surface area contributed by atoms with Crippen molar-refractivity contribution in [1.29, 1.82) is 0 Å². The van der Waals surface area contributed by atoms with E-state index in [1.807, 2.05) is 18.2 Å². The summed E-state index contributed by atoms with van der Waals surface area (Å²) in [6.45, 7) is 7.51. The van der Waals surface area contributed by atoms with Crippen LogP contribution in [-0.4, -0.2) is 86.2 Å². The number of nitro groups is 1. The van der Waals surface area contributed by atoms with E-state index in [9.17, 15) is 90.8 Å². The predicted molar refractivity (Wildman–Crippen MR) is 332 cm³/mol. The first kappa shape index (κ1) is 78.7. The Morgan fingerprint density at radius 1 is 0.567 bits per heavy atom. The first-order valence-corrected chi connectivity index (χ1v) is 30.3. The Kier molecular flexibility index (Phi) is 29.1. The van der Waals surface area contributed by atoms with Crippen LogP contribution in [0.25, 0.3) is 22.3 Å². The van der Waals surface area contributed by atoms with Crippen LogP contribution in [0.4, 0.5) is 72.8 Å². The van der Waals surface area contributed by atoms with Crippen LogP contribution in [0.15, 0.2) is 161 Å². The van der Waals surface area contributed by atoms with E-state index in [0.717, 1.165) is 67.7 Å². The van der Waals surface area contributed by atoms with Crippen LogP contribution in [0, 0.1) is 16.0 Å². The molecule has 15 nitrogen and oxygen atoms in total. The van der Waals surface area contributed by atoms with E-state index in [1.165, 1.54) is 73.7 Å². The van der Waals surface area contributed by atoms with Crippen LogP contribution >= 0.6 is 31.9 Å². The van der Waals surface area contributed by atoms with Gasteiger partial charge in [-0.05, 0) is 152 Å². The Balaban J connectivity index is 0.000000261. The van der Waals surface area contributed by atoms with Crippen LogP contribution < -0.4 is 24.3 Å². The molecular weight excluding hydrogens is 1450 g/mol. The molecule has 0 spiro atoms. The number of ether oxygens (including phenoxy) is 7. The van der Waals surface area contributed by atoms with E-state index in [4.69, 9.17) is 9.47 Å². The highest BCUT2D eigenvalue weighted by Crippen LogP contribution is 2.42. The normalized spacial score (nSPS) is 12.8. The van der Waals surface area contributed by atoms with Crippen molar-refractivity contribution in [2.75, 3.05) is 25.1 Å². The predicted octanol–water partition coefficient (Wildman–Crippen LogP) is 18.9. The smallest absolute Gasteiger partial charge is 0.466 e. The van der Waals surface area contributed by atoms with E-state index in [-0.39, 0.29) is 78.2 Å². The molecule has 522 valence electrons. The van der Waals surface area contributed by atoms with Crippen molar-refractivity contribution < 1.29 is 119 Å². The summed E-state index contributed by atoms with van der Waals surface area (Å²) in [4.78, 5) is 57.3. The van der Waals surface area contributed by atoms with Crippen molar-refractivity contribution in [3.8, 4) is 45.3 Å². The molecule has 0 aromatic heterocycles. The highest BCUT2D eigenvalue weighted by Gasteiger charge is 2.45. The van der Waals surface area contributed by atoms with Gasteiger partial charge in [-0.2, -0.15) is 35.1 Å². The molecule has 8 rings (SSSR count). The molecule has 0 saturated heterocycles. The minimum absolute atomic E-state index is 0.0293. The van der Waals surface area contributed by atoms with Crippen LogP contribution in [0.5, 0.6) is 23.0 Å². The minimum atomic E-state index is -4.96. The first-order chi connectivity index (χ1) is 45.6. The molecule has 97 heavy (non-hydrogen) atoms. The SMILES string of the molecule is CCOC(=O)C(Cc1c(Br)cccc1Br)C(=O)OCC.CCOC(C)=O.FC(F)C(F)(F)Oc1cccc(C2CCc3c(cccc3-c3cccc(OC(F)(F)F)c3)N2)c1.O=C(CCc1c(-c2cccc(OC(F)(F)F)c2)cccc1[N+](=O)[O-])c1cccc(OC(F)(F)C(F)F)c1. The number of hydrogen-bond acceptors (Lipinski definition) is 14. The molecular formula is C66H58Br2F14N2O13. The van der Waals surface area contributed by atoms with Crippen LogP contribution in [-0.2, 0) is 47.9 Å². The maximum atomic E-state index is 13.3. The maximum Gasteiger partial charge on any atom is 0.573 e. The monoisotopic (exact) mass is 1510 g/mol. The second-order valence-corrected chi connectivity index (χ2v) is 21.8. The van der Waals surface area contributed by atoms with Crippen molar-refractivity contribution in [3.05, 3.63) is 199 Å². The topological polar surface area (TPSA) is 188 Å². The summed E-state index contributed by atoms with van der Waals surface area (Å²) in [5.41, 5.74) is 4.04. The summed E-state index contributed by atoms with van der Waals surface area (Å²) >= 11 is 6.84. The zero-order chi connectivity index (χ0) is 72.0. The van der Waals surface area contributed by atoms with Gasteiger partial charge in [0, 0.05) is 45.2 Å². The van der Waals surface area contributed by atoms with Gasteiger partial charge in [0.05, 0.1) is 30.8 Å². The molecule has 1 atom stereocenters. The number of carbonyl (C=O) groups is 4. The molecule has 0 saturated carbocycles. The molecule has 0 amide bonds. The van der Waals surface area contributed by atoms with Gasteiger partial charge in [0.25, 0.3) is 5.69 Å². The van der Waals surface area contributed by atoms with Gasteiger partial charge in [0.2, 0.25) is 0 Å². The summed E-state index contributed by atoms with van der Waals surface area (Å²) in [7, 11) is 0. The lowest BCUT2D eigenvalue weighted by molar-refractivity contribution is -0.385. The fourth-order valence-electron chi connectivity index (χ4n) is 9.26. The van der Waals surface area contributed by atoms with Crippen LogP contribution in [0.3, 0.4) is 0 Å². The Hall–Kier alpha value is -9.00. The maximum absolute atomic E-state index is 13.3. The largest absolute Gasteiger partial charge is 0.573 e. The molecule has 7 aromatic rings. The number of fused-ring (bicyclic) bond motifs is 1. The number of anilines is 1. The lowest BCUT2D eigenvalue weighted by atomic mass is 9.88.